The highest BCUT2D eigenvalue weighted by atomic mass is 16.5. The molecule has 0 aliphatic rings. The summed E-state index contributed by atoms with van der Waals surface area (Å²) >= 11 is 0. The largest absolute Gasteiger partial charge is 0.496 e. The van der Waals surface area contributed by atoms with E-state index in [9.17, 15) is 4.79 Å². The van der Waals surface area contributed by atoms with Gasteiger partial charge in [-0.25, -0.2) is 4.79 Å². The van der Waals surface area contributed by atoms with Gasteiger partial charge in [-0.05, 0) is 37.4 Å². The van der Waals surface area contributed by atoms with Crippen LogP contribution in [-0.4, -0.2) is 36.7 Å². The molecule has 18 heavy (non-hydrogen) atoms. The number of ether oxygens (including phenoxy) is 1. The van der Waals surface area contributed by atoms with Gasteiger partial charge in [-0.15, -0.1) is 0 Å². The molecule has 0 radical (unpaired) electrons. The van der Waals surface area contributed by atoms with E-state index >= 15 is 0 Å². The summed E-state index contributed by atoms with van der Waals surface area (Å²) in [7, 11) is 3.61. The third kappa shape index (κ3) is 4.22. The summed E-state index contributed by atoms with van der Waals surface area (Å²) in [5.74, 6) is -0.288. The summed E-state index contributed by atoms with van der Waals surface area (Å²) in [6, 6.07) is 5.80. The highest BCUT2D eigenvalue weighted by Gasteiger charge is 2.04. The van der Waals surface area contributed by atoms with Gasteiger partial charge in [-0.3, -0.25) is 0 Å². The van der Waals surface area contributed by atoms with E-state index in [1.54, 1.807) is 13.2 Å². The van der Waals surface area contributed by atoms with Crippen LogP contribution in [0, 0.1) is 0 Å². The Balaban J connectivity index is 2.97. The Morgan fingerprint density at radius 3 is 2.78 bits per heavy atom. The van der Waals surface area contributed by atoms with Crippen LogP contribution in [-0.2, 0) is 11.3 Å². The van der Waals surface area contributed by atoms with Gasteiger partial charge >= 0.3 is 5.97 Å². The van der Waals surface area contributed by atoms with Crippen LogP contribution in [0.4, 0.5) is 0 Å². The molecule has 0 atom stereocenters. The smallest absolute Gasteiger partial charge is 0.328 e. The second-order valence-corrected chi connectivity index (χ2v) is 4.08. The van der Waals surface area contributed by atoms with Gasteiger partial charge in [0.2, 0.25) is 0 Å². The van der Waals surface area contributed by atoms with Crippen molar-refractivity contribution >= 4 is 12.0 Å². The number of carboxylic acids is 1. The Bertz CT molecular complexity index is 441. The van der Waals surface area contributed by atoms with Crippen LogP contribution in [0.2, 0.25) is 0 Å². The van der Waals surface area contributed by atoms with Gasteiger partial charge < -0.3 is 14.7 Å². The lowest BCUT2D eigenvalue weighted by molar-refractivity contribution is -0.131. The normalized spacial score (nSPS) is 11.1. The molecular formula is C14H19NO3. The Morgan fingerprint density at radius 1 is 1.50 bits per heavy atom. The Hall–Kier alpha value is -1.81. The van der Waals surface area contributed by atoms with E-state index in [-0.39, 0.29) is 0 Å². The maximum atomic E-state index is 10.5. The third-order valence-electron chi connectivity index (χ3n) is 2.69. The summed E-state index contributed by atoms with van der Waals surface area (Å²) in [6.45, 7) is 3.88. The molecule has 98 valence electrons. The second kappa shape index (κ2) is 6.81. The average Bonchev–Trinajstić information content (AvgIpc) is 2.36. The van der Waals surface area contributed by atoms with Crippen molar-refractivity contribution in [3.8, 4) is 5.75 Å². The molecule has 0 fully saturated rings. The quantitative estimate of drug-likeness (QED) is 0.786. The van der Waals surface area contributed by atoms with Crippen LogP contribution in [0.3, 0.4) is 0 Å². The Labute approximate surface area is 107 Å². The van der Waals surface area contributed by atoms with Gasteiger partial charge in [-0.2, -0.15) is 0 Å². The van der Waals surface area contributed by atoms with E-state index in [0.29, 0.717) is 5.75 Å². The average molecular weight is 249 g/mol. The molecule has 1 rings (SSSR count). The van der Waals surface area contributed by atoms with E-state index in [1.165, 1.54) is 0 Å². The molecule has 0 saturated heterocycles. The molecule has 1 aromatic rings. The first-order valence-electron chi connectivity index (χ1n) is 5.83. The molecule has 0 aromatic heterocycles. The fourth-order valence-corrected chi connectivity index (χ4v) is 1.60. The summed E-state index contributed by atoms with van der Waals surface area (Å²) < 4.78 is 5.21. The molecule has 4 nitrogen and oxygen atoms in total. The van der Waals surface area contributed by atoms with Crippen molar-refractivity contribution in [1.82, 2.24) is 4.90 Å². The van der Waals surface area contributed by atoms with Gasteiger partial charge in [0.15, 0.2) is 0 Å². The van der Waals surface area contributed by atoms with Crippen LogP contribution in [0.15, 0.2) is 24.3 Å². The van der Waals surface area contributed by atoms with E-state index in [1.807, 2.05) is 25.2 Å². The van der Waals surface area contributed by atoms with Gasteiger partial charge in [0.05, 0.1) is 7.11 Å². The number of carbonyl (C=O) groups is 1. The number of aliphatic carboxylic acids is 1. The minimum absolute atomic E-state index is 0.676. The van der Waals surface area contributed by atoms with Crippen LogP contribution < -0.4 is 4.74 Å². The van der Waals surface area contributed by atoms with Crippen molar-refractivity contribution in [3.05, 3.63) is 35.4 Å². The molecule has 0 saturated carbocycles. The van der Waals surface area contributed by atoms with E-state index in [0.717, 1.165) is 30.3 Å². The first-order chi connectivity index (χ1) is 8.56. The minimum atomic E-state index is -0.965. The summed E-state index contributed by atoms with van der Waals surface area (Å²) in [5.41, 5.74) is 1.91. The number of hydrogen-bond donors (Lipinski definition) is 1. The van der Waals surface area contributed by atoms with Gasteiger partial charge in [0, 0.05) is 18.2 Å². The van der Waals surface area contributed by atoms with Crippen molar-refractivity contribution in [1.29, 1.82) is 0 Å². The molecule has 0 bridgehead atoms. The topological polar surface area (TPSA) is 49.8 Å². The lowest BCUT2D eigenvalue weighted by atomic mass is 10.1. The molecule has 0 amide bonds. The fraction of sp³-hybridized carbons (Fsp3) is 0.357. The number of benzene rings is 1. The molecule has 0 aliphatic heterocycles. The second-order valence-electron chi connectivity index (χ2n) is 4.08. The summed E-state index contributed by atoms with van der Waals surface area (Å²) in [5, 5.41) is 8.66. The highest BCUT2D eigenvalue weighted by molar-refractivity contribution is 5.85. The molecule has 1 aromatic carbocycles. The number of carboxylic acid groups (broad SMARTS) is 1. The van der Waals surface area contributed by atoms with E-state index < -0.39 is 5.97 Å². The SMILES string of the molecule is CCN(C)Cc1ccc(OC)c(/C=C/C(=O)O)c1. The maximum absolute atomic E-state index is 10.5. The van der Waals surface area contributed by atoms with Crippen molar-refractivity contribution < 1.29 is 14.6 Å². The Kier molecular flexibility index (Phi) is 5.39. The first kappa shape index (κ1) is 14.3. The zero-order valence-corrected chi connectivity index (χ0v) is 11.0. The van der Waals surface area contributed by atoms with Gasteiger partial charge in [0.25, 0.3) is 0 Å². The standard InChI is InChI=1S/C14H19NO3/c1-4-15(2)10-11-5-7-13(18-3)12(9-11)6-8-14(16)17/h5-9H,4,10H2,1-3H3,(H,16,17)/b8-6+. The zero-order chi connectivity index (χ0) is 13.5. The predicted octanol–water partition coefficient (Wildman–Crippen LogP) is 2.24. The maximum Gasteiger partial charge on any atom is 0.328 e. The number of rotatable bonds is 6. The molecule has 0 aliphatic carbocycles. The minimum Gasteiger partial charge on any atom is -0.496 e. The van der Waals surface area contributed by atoms with Gasteiger partial charge in [-0.1, -0.05) is 13.0 Å². The van der Waals surface area contributed by atoms with Crippen molar-refractivity contribution in [2.45, 2.75) is 13.5 Å². The lowest BCUT2D eigenvalue weighted by Gasteiger charge is -2.15. The lowest BCUT2D eigenvalue weighted by Crippen LogP contribution is -2.16. The van der Waals surface area contributed by atoms with E-state index in [2.05, 4.69) is 11.8 Å². The van der Waals surface area contributed by atoms with Crippen molar-refractivity contribution in [2.75, 3.05) is 20.7 Å². The third-order valence-corrected chi connectivity index (χ3v) is 2.69. The monoisotopic (exact) mass is 249 g/mol. The zero-order valence-electron chi connectivity index (χ0n) is 11.0. The first-order valence-corrected chi connectivity index (χ1v) is 5.83. The van der Waals surface area contributed by atoms with Crippen LogP contribution >= 0.6 is 0 Å². The van der Waals surface area contributed by atoms with Crippen molar-refractivity contribution in [3.63, 3.8) is 0 Å². The molecule has 4 heteroatoms. The molecule has 1 N–H and O–H groups in total. The molecular weight excluding hydrogens is 230 g/mol. The predicted molar refractivity (Wildman–Crippen MR) is 71.7 cm³/mol. The number of methoxy groups -OCH3 is 1. The number of nitrogens with zero attached hydrogens (tertiary/aromatic N) is 1. The fourth-order valence-electron chi connectivity index (χ4n) is 1.60. The van der Waals surface area contributed by atoms with E-state index in [4.69, 9.17) is 9.84 Å². The molecule has 0 spiro atoms. The van der Waals surface area contributed by atoms with Crippen LogP contribution in [0.1, 0.15) is 18.1 Å². The Morgan fingerprint density at radius 2 is 2.22 bits per heavy atom. The molecule has 0 unspecified atom stereocenters. The molecule has 0 heterocycles. The summed E-state index contributed by atoms with van der Waals surface area (Å²) in [4.78, 5) is 12.7. The highest BCUT2D eigenvalue weighted by Crippen LogP contribution is 2.22. The van der Waals surface area contributed by atoms with Crippen LogP contribution in [0.25, 0.3) is 6.08 Å². The van der Waals surface area contributed by atoms with Crippen LogP contribution in [0.5, 0.6) is 5.75 Å². The number of hydrogen-bond acceptors (Lipinski definition) is 3. The van der Waals surface area contributed by atoms with Crippen molar-refractivity contribution in [2.24, 2.45) is 0 Å². The summed E-state index contributed by atoms with van der Waals surface area (Å²) in [6.07, 6.45) is 2.67. The van der Waals surface area contributed by atoms with Gasteiger partial charge in [0.1, 0.15) is 5.75 Å².